The van der Waals surface area contributed by atoms with Crippen molar-refractivity contribution in [3.05, 3.63) is 46.9 Å². The van der Waals surface area contributed by atoms with Gasteiger partial charge in [0.25, 0.3) is 0 Å². The number of hydrogen-bond acceptors (Lipinski definition) is 6. The Morgan fingerprint density at radius 3 is 2.56 bits per heavy atom. The van der Waals surface area contributed by atoms with E-state index in [1.165, 1.54) is 6.07 Å². The van der Waals surface area contributed by atoms with Gasteiger partial charge in [0.1, 0.15) is 0 Å². The monoisotopic (exact) mass is 357 g/mol. The van der Waals surface area contributed by atoms with Crippen LogP contribution in [0.2, 0.25) is 0 Å². The summed E-state index contributed by atoms with van der Waals surface area (Å²) in [5.74, 6) is 0.0993. The maximum atomic E-state index is 12.0. The van der Waals surface area contributed by atoms with Crippen LogP contribution in [0.15, 0.2) is 46.1 Å². The largest absolute Gasteiger partial charge is 0.323 e. The summed E-state index contributed by atoms with van der Waals surface area (Å²) in [6, 6.07) is 9.85. The number of nitrogens with zero attached hydrogens (tertiary/aromatic N) is 3. The van der Waals surface area contributed by atoms with Crippen molar-refractivity contribution in [1.82, 2.24) is 30.6 Å². The summed E-state index contributed by atoms with van der Waals surface area (Å²) in [6.07, 6.45) is 0. The summed E-state index contributed by atoms with van der Waals surface area (Å²) in [7, 11) is -4.01. The first kappa shape index (κ1) is 15.2. The van der Waals surface area contributed by atoms with Gasteiger partial charge in [0, 0.05) is 0 Å². The van der Waals surface area contributed by atoms with Crippen molar-refractivity contribution in [2.24, 2.45) is 5.14 Å². The fourth-order valence-corrected chi connectivity index (χ4v) is 3.46. The van der Waals surface area contributed by atoms with E-state index in [1.807, 2.05) is 0 Å². The average Bonchev–Trinajstić information content (AvgIpc) is 3.20. The van der Waals surface area contributed by atoms with Gasteiger partial charge in [-0.3, -0.25) is 0 Å². The van der Waals surface area contributed by atoms with Gasteiger partial charge < -0.3 is 9.97 Å². The number of H-pyrrole nitrogens is 3. The predicted octanol–water partition coefficient (Wildman–Crippen LogP) is 0.351. The number of imidazole rings is 1. The molecule has 0 saturated heterocycles. The number of nitrogens with two attached hydrogens (primary N) is 1. The van der Waals surface area contributed by atoms with E-state index in [-0.39, 0.29) is 22.0 Å². The van der Waals surface area contributed by atoms with E-state index in [1.54, 1.807) is 30.3 Å². The molecule has 25 heavy (non-hydrogen) atoms. The molecular formula is C14H11N7O3S. The van der Waals surface area contributed by atoms with Gasteiger partial charge in [-0.05, 0) is 34.5 Å². The molecule has 0 radical (unpaired) electrons. The van der Waals surface area contributed by atoms with Gasteiger partial charge in [-0.15, -0.1) is 10.2 Å². The van der Waals surface area contributed by atoms with Gasteiger partial charge in [0.05, 0.1) is 21.5 Å². The molecule has 0 saturated carbocycles. The van der Waals surface area contributed by atoms with Crippen LogP contribution >= 0.6 is 0 Å². The van der Waals surface area contributed by atoms with E-state index in [2.05, 4.69) is 30.6 Å². The Balaban J connectivity index is 2.05. The number of tetrazole rings is 1. The quantitative estimate of drug-likeness (QED) is 0.413. The number of nitrogens with one attached hydrogen (secondary N) is 3. The van der Waals surface area contributed by atoms with E-state index in [9.17, 15) is 13.2 Å². The van der Waals surface area contributed by atoms with Crippen molar-refractivity contribution in [3.8, 4) is 22.5 Å². The first-order valence-corrected chi connectivity index (χ1v) is 8.60. The average molecular weight is 357 g/mol. The highest BCUT2D eigenvalue weighted by molar-refractivity contribution is 7.89. The Kier molecular flexibility index (Phi) is 3.26. The SMILES string of the molecule is NS(=O)(=O)c1cccc(-c2ccc3[nH]c(=O)[nH]c3c2)c1-c1nn[nH]n1. The zero-order valence-electron chi connectivity index (χ0n) is 12.5. The second-order valence-corrected chi connectivity index (χ2v) is 6.83. The summed E-state index contributed by atoms with van der Waals surface area (Å²) >= 11 is 0. The van der Waals surface area contributed by atoms with Crippen LogP contribution in [0.5, 0.6) is 0 Å². The molecule has 0 bridgehead atoms. The fourth-order valence-electron chi connectivity index (χ4n) is 2.71. The Morgan fingerprint density at radius 2 is 1.84 bits per heavy atom. The Labute approximate surface area is 140 Å². The van der Waals surface area contributed by atoms with Gasteiger partial charge in [-0.1, -0.05) is 18.2 Å². The molecule has 4 rings (SSSR count). The van der Waals surface area contributed by atoms with Crippen molar-refractivity contribution in [3.63, 3.8) is 0 Å². The molecule has 0 fully saturated rings. The standard InChI is InChI=1S/C14H11N7O3S/c15-25(23,24)11-3-1-2-8(12(11)13-18-20-21-19-13)7-4-5-9-10(6-7)17-14(22)16-9/h1-6H,(H2,15,23,24)(H2,16,17,22)(H,18,19,20,21). The molecule has 0 amide bonds. The number of aromatic nitrogens is 6. The fraction of sp³-hybridized carbons (Fsp3) is 0. The van der Waals surface area contributed by atoms with Crippen LogP contribution in [0.3, 0.4) is 0 Å². The van der Waals surface area contributed by atoms with Gasteiger partial charge in [0.2, 0.25) is 15.8 Å². The predicted molar refractivity (Wildman–Crippen MR) is 88.9 cm³/mol. The zero-order chi connectivity index (χ0) is 17.6. The van der Waals surface area contributed by atoms with Crippen molar-refractivity contribution < 1.29 is 8.42 Å². The van der Waals surface area contributed by atoms with E-state index in [0.29, 0.717) is 22.2 Å². The lowest BCUT2D eigenvalue weighted by Gasteiger charge is -2.11. The molecule has 4 aromatic rings. The highest BCUT2D eigenvalue weighted by Crippen LogP contribution is 2.35. The Hall–Kier alpha value is -3.31. The van der Waals surface area contributed by atoms with Crippen molar-refractivity contribution in [1.29, 1.82) is 0 Å². The molecule has 0 unspecified atom stereocenters. The third-order valence-electron chi connectivity index (χ3n) is 3.73. The van der Waals surface area contributed by atoms with Crippen LogP contribution in [0, 0.1) is 0 Å². The second kappa shape index (κ2) is 5.36. The topological polar surface area (TPSA) is 163 Å². The molecule has 0 aliphatic heterocycles. The van der Waals surface area contributed by atoms with E-state index in [0.717, 1.165) is 0 Å². The lowest BCUT2D eigenvalue weighted by molar-refractivity contribution is 0.598. The minimum atomic E-state index is -4.01. The third kappa shape index (κ3) is 2.60. The van der Waals surface area contributed by atoms with Crippen LogP contribution in [0.4, 0.5) is 0 Å². The summed E-state index contributed by atoms with van der Waals surface area (Å²) in [4.78, 5) is 16.6. The number of benzene rings is 2. The molecule has 11 heteroatoms. The molecule has 2 aromatic heterocycles. The van der Waals surface area contributed by atoms with Crippen LogP contribution in [-0.4, -0.2) is 39.0 Å². The smallest absolute Gasteiger partial charge is 0.306 e. The van der Waals surface area contributed by atoms with Crippen LogP contribution in [0.25, 0.3) is 33.5 Å². The summed E-state index contributed by atoms with van der Waals surface area (Å²) in [5.41, 5.74) is 2.32. The molecule has 0 aliphatic carbocycles. The normalized spacial score (nSPS) is 11.9. The molecule has 2 aromatic carbocycles. The highest BCUT2D eigenvalue weighted by Gasteiger charge is 2.22. The minimum Gasteiger partial charge on any atom is -0.306 e. The van der Waals surface area contributed by atoms with Gasteiger partial charge >= 0.3 is 5.69 Å². The number of hydrogen-bond donors (Lipinski definition) is 4. The molecule has 126 valence electrons. The van der Waals surface area contributed by atoms with Gasteiger partial charge in [0.15, 0.2) is 0 Å². The molecule has 10 nitrogen and oxygen atoms in total. The zero-order valence-corrected chi connectivity index (χ0v) is 13.3. The first-order valence-electron chi connectivity index (χ1n) is 7.05. The summed E-state index contributed by atoms with van der Waals surface area (Å²) in [5, 5.41) is 18.9. The van der Waals surface area contributed by atoms with E-state index >= 15 is 0 Å². The van der Waals surface area contributed by atoms with E-state index < -0.39 is 10.0 Å². The number of rotatable bonds is 3. The van der Waals surface area contributed by atoms with Gasteiger partial charge in [-0.2, -0.15) is 5.21 Å². The number of primary sulfonamides is 1. The van der Waals surface area contributed by atoms with Crippen LogP contribution < -0.4 is 10.8 Å². The van der Waals surface area contributed by atoms with Crippen molar-refractivity contribution in [2.45, 2.75) is 4.90 Å². The summed E-state index contributed by atoms with van der Waals surface area (Å²) < 4.78 is 24.0. The molecule has 0 spiro atoms. The lowest BCUT2D eigenvalue weighted by atomic mass is 9.99. The second-order valence-electron chi connectivity index (χ2n) is 5.30. The number of sulfonamides is 1. The Morgan fingerprint density at radius 1 is 1.04 bits per heavy atom. The highest BCUT2D eigenvalue weighted by atomic mass is 32.2. The lowest BCUT2D eigenvalue weighted by Crippen LogP contribution is -2.14. The number of fused-ring (bicyclic) bond motifs is 1. The van der Waals surface area contributed by atoms with Crippen LogP contribution in [0.1, 0.15) is 0 Å². The maximum Gasteiger partial charge on any atom is 0.323 e. The Bertz CT molecular complexity index is 1240. The molecule has 5 N–H and O–H groups in total. The van der Waals surface area contributed by atoms with Crippen LogP contribution in [-0.2, 0) is 10.0 Å². The van der Waals surface area contributed by atoms with Crippen molar-refractivity contribution in [2.75, 3.05) is 0 Å². The number of aromatic amines is 3. The minimum absolute atomic E-state index is 0.0993. The molecule has 0 atom stereocenters. The van der Waals surface area contributed by atoms with Crippen molar-refractivity contribution >= 4 is 21.1 Å². The third-order valence-corrected chi connectivity index (χ3v) is 4.68. The summed E-state index contributed by atoms with van der Waals surface area (Å²) in [6.45, 7) is 0. The molecular weight excluding hydrogens is 346 g/mol. The van der Waals surface area contributed by atoms with E-state index in [4.69, 9.17) is 5.14 Å². The van der Waals surface area contributed by atoms with Gasteiger partial charge in [-0.25, -0.2) is 18.4 Å². The maximum absolute atomic E-state index is 12.0. The molecule has 0 aliphatic rings. The molecule has 2 heterocycles. The first-order chi connectivity index (χ1) is 11.9.